The van der Waals surface area contributed by atoms with E-state index < -0.39 is 11.8 Å². The highest BCUT2D eigenvalue weighted by atomic mass is 35.5. The SMILES string of the molecule is COc1ccc(N2C(=O)C(Cl)=C(c3ccc(NC(C)=O)cc3)C2=O)cc1OC. The van der Waals surface area contributed by atoms with Gasteiger partial charge in [0.05, 0.1) is 25.5 Å². The second-order valence-electron chi connectivity index (χ2n) is 5.93. The molecule has 1 aliphatic rings. The Balaban J connectivity index is 1.95. The molecule has 0 aliphatic carbocycles. The number of benzene rings is 2. The molecule has 7 nitrogen and oxygen atoms in total. The summed E-state index contributed by atoms with van der Waals surface area (Å²) in [5.74, 6) is -0.533. The van der Waals surface area contributed by atoms with Crippen LogP contribution < -0.4 is 19.7 Å². The number of hydrogen-bond donors (Lipinski definition) is 1. The van der Waals surface area contributed by atoms with E-state index in [1.807, 2.05) is 0 Å². The number of imide groups is 1. The van der Waals surface area contributed by atoms with Crippen molar-refractivity contribution in [2.75, 3.05) is 24.4 Å². The third kappa shape index (κ3) is 3.44. The highest BCUT2D eigenvalue weighted by Crippen LogP contribution is 2.38. The molecule has 0 spiro atoms. The predicted molar refractivity (Wildman–Crippen MR) is 106 cm³/mol. The fourth-order valence-electron chi connectivity index (χ4n) is 2.88. The maximum Gasteiger partial charge on any atom is 0.277 e. The number of amides is 3. The quantitative estimate of drug-likeness (QED) is 0.779. The molecule has 1 N–H and O–H groups in total. The zero-order valence-corrected chi connectivity index (χ0v) is 16.2. The van der Waals surface area contributed by atoms with Gasteiger partial charge in [0, 0.05) is 18.7 Å². The monoisotopic (exact) mass is 400 g/mol. The van der Waals surface area contributed by atoms with E-state index in [2.05, 4.69) is 5.32 Å². The van der Waals surface area contributed by atoms with E-state index >= 15 is 0 Å². The van der Waals surface area contributed by atoms with Crippen molar-refractivity contribution in [2.24, 2.45) is 0 Å². The standard InChI is InChI=1S/C20H17ClN2O5/c1-11(24)22-13-6-4-12(5-7-13)17-18(21)20(26)23(19(17)25)14-8-9-15(27-2)16(10-14)28-3/h4-10H,1-3H3,(H,22,24). The van der Waals surface area contributed by atoms with Crippen LogP contribution in [0, 0.1) is 0 Å². The van der Waals surface area contributed by atoms with Crippen molar-refractivity contribution in [1.29, 1.82) is 0 Å². The average Bonchev–Trinajstić information content (AvgIpc) is 2.90. The fourth-order valence-corrected chi connectivity index (χ4v) is 3.15. The molecule has 0 saturated heterocycles. The maximum atomic E-state index is 13.0. The van der Waals surface area contributed by atoms with Crippen molar-refractivity contribution in [3.05, 3.63) is 53.1 Å². The summed E-state index contributed by atoms with van der Waals surface area (Å²) in [4.78, 5) is 37.7. The van der Waals surface area contributed by atoms with Crippen molar-refractivity contribution < 1.29 is 23.9 Å². The topological polar surface area (TPSA) is 84.9 Å². The third-order valence-corrected chi connectivity index (χ3v) is 4.50. The molecule has 3 rings (SSSR count). The van der Waals surface area contributed by atoms with Gasteiger partial charge in [-0.1, -0.05) is 23.7 Å². The Morgan fingerprint density at radius 3 is 2.18 bits per heavy atom. The van der Waals surface area contributed by atoms with Crippen LogP contribution >= 0.6 is 11.6 Å². The van der Waals surface area contributed by atoms with Crippen LogP contribution in [0.1, 0.15) is 12.5 Å². The Morgan fingerprint density at radius 1 is 0.964 bits per heavy atom. The summed E-state index contributed by atoms with van der Waals surface area (Å²) >= 11 is 6.20. The first-order chi connectivity index (χ1) is 13.4. The van der Waals surface area contributed by atoms with Crippen molar-refractivity contribution >= 4 is 46.3 Å². The van der Waals surface area contributed by atoms with Crippen LogP contribution in [0.2, 0.25) is 0 Å². The van der Waals surface area contributed by atoms with E-state index in [0.717, 1.165) is 4.90 Å². The lowest BCUT2D eigenvalue weighted by Crippen LogP contribution is -2.31. The zero-order valence-electron chi connectivity index (χ0n) is 15.4. The summed E-state index contributed by atoms with van der Waals surface area (Å²) in [6.45, 7) is 1.40. The molecule has 0 atom stereocenters. The van der Waals surface area contributed by atoms with Crippen molar-refractivity contribution in [2.45, 2.75) is 6.92 Å². The minimum atomic E-state index is -0.625. The summed E-state index contributed by atoms with van der Waals surface area (Å²) in [6.07, 6.45) is 0. The van der Waals surface area contributed by atoms with E-state index in [0.29, 0.717) is 28.4 Å². The number of nitrogens with one attached hydrogen (secondary N) is 1. The zero-order chi connectivity index (χ0) is 20.4. The second kappa shape index (κ2) is 7.74. The number of rotatable bonds is 5. The summed E-state index contributed by atoms with van der Waals surface area (Å²) in [5.41, 5.74) is 1.45. The van der Waals surface area contributed by atoms with Crippen molar-refractivity contribution in [3.63, 3.8) is 0 Å². The fraction of sp³-hybridized carbons (Fsp3) is 0.150. The van der Waals surface area contributed by atoms with E-state index in [-0.39, 0.29) is 16.5 Å². The number of anilines is 2. The molecule has 2 aromatic rings. The number of halogens is 1. The molecule has 0 bridgehead atoms. The van der Waals surface area contributed by atoms with Gasteiger partial charge in [-0.25, -0.2) is 4.90 Å². The average molecular weight is 401 g/mol. The van der Waals surface area contributed by atoms with Gasteiger partial charge >= 0.3 is 0 Å². The molecule has 0 fully saturated rings. The van der Waals surface area contributed by atoms with Crippen LogP contribution in [-0.2, 0) is 14.4 Å². The Bertz CT molecular complexity index is 998. The largest absolute Gasteiger partial charge is 0.493 e. The molecule has 0 saturated carbocycles. The van der Waals surface area contributed by atoms with E-state index in [1.54, 1.807) is 36.4 Å². The second-order valence-corrected chi connectivity index (χ2v) is 6.31. The summed E-state index contributed by atoms with van der Waals surface area (Å²) in [5, 5.41) is 2.46. The Labute approximate surface area is 166 Å². The van der Waals surface area contributed by atoms with Gasteiger partial charge in [-0.3, -0.25) is 14.4 Å². The maximum absolute atomic E-state index is 13.0. The molecule has 1 heterocycles. The first-order valence-corrected chi connectivity index (χ1v) is 8.63. The summed E-state index contributed by atoms with van der Waals surface area (Å²) in [7, 11) is 2.95. The van der Waals surface area contributed by atoms with Gasteiger partial charge in [-0.2, -0.15) is 0 Å². The van der Waals surface area contributed by atoms with Crippen LogP contribution in [0.15, 0.2) is 47.5 Å². The van der Waals surface area contributed by atoms with Gasteiger partial charge in [-0.15, -0.1) is 0 Å². The smallest absolute Gasteiger partial charge is 0.277 e. The molecule has 0 radical (unpaired) electrons. The Hall–Kier alpha value is -3.32. The Kier molecular flexibility index (Phi) is 5.37. The van der Waals surface area contributed by atoms with Crippen LogP contribution in [0.4, 0.5) is 11.4 Å². The van der Waals surface area contributed by atoms with Crippen molar-refractivity contribution in [1.82, 2.24) is 0 Å². The molecule has 1 aliphatic heterocycles. The number of methoxy groups -OCH3 is 2. The van der Waals surface area contributed by atoms with Crippen LogP contribution in [0.25, 0.3) is 5.57 Å². The molecule has 0 unspecified atom stereocenters. The first-order valence-electron chi connectivity index (χ1n) is 8.26. The lowest BCUT2D eigenvalue weighted by molar-refractivity contribution is -0.120. The number of ether oxygens (including phenoxy) is 2. The Morgan fingerprint density at radius 2 is 1.61 bits per heavy atom. The molecule has 28 heavy (non-hydrogen) atoms. The van der Waals surface area contributed by atoms with Gasteiger partial charge in [0.25, 0.3) is 11.8 Å². The lowest BCUT2D eigenvalue weighted by Gasteiger charge is -2.17. The number of hydrogen-bond acceptors (Lipinski definition) is 5. The van der Waals surface area contributed by atoms with E-state index in [1.165, 1.54) is 27.2 Å². The predicted octanol–water partition coefficient (Wildman–Crippen LogP) is 3.19. The molecular formula is C20H17ClN2O5. The van der Waals surface area contributed by atoms with Gasteiger partial charge in [-0.05, 0) is 29.8 Å². The normalized spacial score (nSPS) is 13.8. The molecule has 2 aromatic carbocycles. The number of carbonyl (C=O) groups excluding carboxylic acids is 3. The molecular weight excluding hydrogens is 384 g/mol. The molecule has 8 heteroatoms. The molecule has 3 amide bonds. The molecule has 144 valence electrons. The highest BCUT2D eigenvalue weighted by molar-refractivity contribution is 6.60. The van der Waals surface area contributed by atoms with E-state index in [4.69, 9.17) is 21.1 Å². The summed E-state index contributed by atoms with van der Waals surface area (Å²) < 4.78 is 10.4. The van der Waals surface area contributed by atoms with Crippen molar-refractivity contribution in [3.8, 4) is 11.5 Å². The first kappa shape index (κ1) is 19.4. The minimum Gasteiger partial charge on any atom is -0.493 e. The molecule has 0 aromatic heterocycles. The van der Waals surface area contributed by atoms with Gasteiger partial charge in [0.2, 0.25) is 5.91 Å². The van der Waals surface area contributed by atoms with Gasteiger partial charge in [0.15, 0.2) is 11.5 Å². The van der Waals surface area contributed by atoms with Crippen LogP contribution in [-0.4, -0.2) is 31.9 Å². The third-order valence-electron chi connectivity index (χ3n) is 4.15. The summed E-state index contributed by atoms with van der Waals surface area (Å²) in [6, 6.07) is 11.2. The van der Waals surface area contributed by atoms with Gasteiger partial charge in [0.1, 0.15) is 5.03 Å². The van der Waals surface area contributed by atoms with E-state index in [9.17, 15) is 14.4 Å². The lowest BCUT2D eigenvalue weighted by atomic mass is 10.1. The minimum absolute atomic E-state index is 0.0934. The number of nitrogens with zero attached hydrogens (tertiary/aromatic N) is 1. The van der Waals surface area contributed by atoms with Crippen LogP contribution in [0.3, 0.4) is 0 Å². The highest BCUT2D eigenvalue weighted by Gasteiger charge is 2.39. The van der Waals surface area contributed by atoms with Gasteiger partial charge < -0.3 is 14.8 Å². The van der Waals surface area contributed by atoms with Crippen LogP contribution in [0.5, 0.6) is 11.5 Å². The number of carbonyl (C=O) groups is 3.